The molecule has 1 amide bonds. The summed E-state index contributed by atoms with van der Waals surface area (Å²) in [6.45, 7) is 1.96. The van der Waals surface area contributed by atoms with Crippen LogP contribution in [0.15, 0.2) is 42.7 Å². The summed E-state index contributed by atoms with van der Waals surface area (Å²) in [4.78, 5) is 11.9. The third kappa shape index (κ3) is 3.20. The molecule has 0 spiro atoms. The van der Waals surface area contributed by atoms with E-state index in [-0.39, 0.29) is 11.9 Å². The second kappa shape index (κ2) is 5.49. The van der Waals surface area contributed by atoms with Gasteiger partial charge in [-0.2, -0.15) is 5.10 Å². The highest BCUT2D eigenvalue weighted by molar-refractivity contribution is 5.78. The Hall–Kier alpha value is -2.10. The van der Waals surface area contributed by atoms with Crippen LogP contribution >= 0.6 is 0 Å². The van der Waals surface area contributed by atoms with Crippen LogP contribution in [-0.2, 0) is 18.3 Å². The number of carbonyl (C=O) groups excluding carboxylic acids is 1. The van der Waals surface area contributed by atoms with Crippen LogP contribution in [0.2, 0.25) is 0 Å². The fourth-order valence-corrected chi connectivity index (χ4v) is 1.82. The highest BCUT2D eigenvalue weighted by Crippen LogP contribution is 2.10. The molecule has 4 heteroatoms. The van der Waals surface area contributed by atoms with Gasteiger partial charge in [0.1, 0.15) is 0 Å². The van der Waals surface area contributed by atoms with E-state index in [0.717, 1.165) is 11.1 Å². The molecule has 0 aliphatic carbocycles. The van der Waals surface area contributed by atoms with Crippen LogP contribution in [-0.4, -0.2) is 15.7 Å². The van der Waals surface area contributed by atoms with Crippen LogP contribution in [0.3, 0.4) is 0 Å². The Morgan fingerprint density at radius 2 is 2.11 bits per heavy atom. The predicted molar refractivity (Wildman–Crippen MR) is 69.9 cm³/mol. The van der Waals surface area contributed by atoms with Crippen molar-refractivity contribution in [1.82, 2.24) is 15.1 Å². The number of nitrogens with one attached hydrogen (secondary N) is 1. The number of rotatable bonds is 4. The minimum absolute atomic E-state index is 0.0186. The van der Waals surface area contributed by atoms with E-state index in [1.54, 1.807) is 10.9 Å². The van der Waals surface area contributed by atoms with Crippen molar-refractivity contribution >= 4 is 5.91 Å². The van der Waals surface area contributed by atoms with Crippen molar-refractivity contribution in [2.24, 2.45) is 7.05 Å². The Balaban J connectivity index is 1.92. The zero-order chi connectivity index (χ0) is 13.0. The molecule has 1 atom stereocenters. The molecule has 1 N–H and O–H groups in total. The van der Waals surface area contributed by atoms with Crippen LogP contribution in [0.4, 0.5) is 0 Å². The fraction of sp³-hybridized carbons (Fsp3) is 0.286. The third-order valence-corrected chi connectivity index (χ3v) is 2.81. The number of nitrogens with zero attached hydrogens (tertiary/aromatic N) is 2. The molecule has 0 saturated heterocycles. The lowest BCUT2D eigenvalue weighted by Gasteiger charge is -2.12. The molecule has 1 aromatic heterocycles. The molecule has 4 nitrogen and oxygen atoms in total. The number of benzene rings is 1. The molecule has 2 aromatic rings. The second-order valence-corrected chi connectivity index (χ2v) is 4.40. The maximum atomic E-state index is 11.9. The number of carbonyl (C=O) groups is 1. The van der Waals surface area contributed by atoms with Gasteiger partial charge in [-0.25, -0.2) is 0 Å². The maximum absolute atomic E-state index is 11.9. The van der Waals surface area contributed by atoms with Gasteiger partial charge in [-0.3, -0.25) is 9.48 Å². The molecule has 0 saturated carbocycles. The van der Waals surface area contributed by atoms with Gasteiger partial charge in [0, 0.05) is 18.8 Å². The summed E-state index contributed by atoms with van der Waals surface area (Å²) in [6.07, 6.45) is 4.09. The highest BCUT2D eigenvalue weighted by atomic mass is 16.1. The first-order valence-corrected chi connectivity index (χ1v) is 5.97. The van der Waals surface area contributed by atoms with Crippen molar-refractivity contribution in [3.63, 3.8) is 0 Å². The van der Waals surface area contributed by atoms with Gasteiger partial charge in [0.25, 0.3) is 0 Å². The van der Waals surface area contributed by atoms with Crippen molar-refractivity contribution in [1.29, 1.82) is 0 Å². The van der Waals surface area contributed by atoms with Gasteiger partial charge in [0.05, 0.1) is 18.7 Å². The summed E-state index contributed by atoms with van der Waals surface area (Å²) >= 11 is 0. The number of hydrogen-bond donors (Lipinski definition) is 1. The molecule has 1 heterocycles. The fourth-order valence-electron chi connectivity index (χ4n) is 1.82. The second-order valence-electron chi connectivity index (χ2n) is 4.40. The molecule has 0 aliphatic heterocycles. The van der Waals surface area contributed by atoms with E-state index >= 15 is 0 Å². The SMILES string of the molecule is C[C@H](NC(=O)Cc1ccccc1)c1cnn(C)c1. The molecule has 2 rings (SSSR count). The van der Waals surface area contributed by atoms with Gasteiger partial charge in [-0.1, -0.05) is 30.3 Å². The van der Waals surface area contributed by atoms with Gasteiger partial charge < -0.3 is 5.32 Å². The summed E-state index contributed by atoms with van der Waals surface area (Å²) in [6, 6.07) is 9.71. The first-order valence-electron chi connectivity index (χ1n) is 5.97. The highest BCUT2D eigenvalue weighted by Gasteiger charge is 2.11. The Labute approximate surface area is 107 Å². The van der Waals surface area contributed by atoms with Gasteiger partial charge in [-0.05, 0) is 12.5 Å². The minimum atomic E-state index is -0.0186. The van der Waals surface area contributed by atoms with E-state index in [0.29, 0.717) is 6.42 Å². The molecule has 0 fully saturated rings. The lowest BCUT2D eigenvalue weighted by Crippen LogP contribution is -2.27. The van der Waals surface area contributed by atoms with Gasteiger partial charge >= 0.3 is 0 Å². The molecule has 0 unspecified atom stereocenters. The van der Waals surface area contributed by atoms with Crippen LogP contribution in [0.25, 0.3) is 0 Å². The lowest BCUT2D eigenvalue weighted by atomic mass is 10.1. The Morgan fingerprint density at radius 1 is 1.39 bits per heavy atom. The van der Waals surface area contributed by atoms with E-state index in [1.165, 1.54) is 0 Å². The van der Waals surface area contributed by atoms with E-state index < -0.39 is 0 Å². The first kappa shape index (κ1) is 12.4. The molecule has 18 heavy (non-hydrogen) atoms. The van der Waals surface area contributed by atoms with Crippen molar-refractivity contribution in [2.75, 3.05) is 0 Å². The average Bonchev–Trinajstić information content (AvgIpc) is 2.77. The van der Waals surface area contributed by atoms with E-state index in [1.807, 2.05) is 50.5 Å². The van der Waals surface area contributed by atoms with Crippen molar-refractivity contribution in [3.05, 3.63) is 53.9 Å². The normalized spacial score (nSPS) is 12.1. The zero-order valence-electron chi connectivity index (χ0n) is 10.6. The van der Waals surface area contributed by atoms with Gasteiger partial charge in [-0.15, -0.1) is 0 Å². The largest absolute Gasteiger partial charge is 0.349 e. The summed E-state index contributed by atoms with van der Waals surface area (Å²) in [5, 5.41) is 7.06. The van der Waals surface area contributed by atoms with Crippen molar-refractivity contribution < 1.29 is 4.79 Å². The Kier molecular flexibility index (Phi) is 3.77. The smallest absolute Gasteiger partial charge is 0.224 e. The van der Waals surface area contributed by atoms with Crippen molar-refractivity contribution in [3.8, 4) is 0 Å². The molecule has 1 aromatic carbocycles. The number of amides is 1. The third-order valence-electron chi connectivity index (χ3n) is 2.81. The monoisotopic (exact) mass is 243 g/mol. The Morgan fingerprint density at radius 3 is 2.72 bits per heavy atom. The predicted octanol–water partition coefficient (Wildman–Crippen LogP) is 1.84. The molecular weight excluding hydrogens is 226 g/mol. The van der Waals surface area contributed by atoms with Gasteiger partial charge in [0.15, 0.2) is 0 Å². The van der Waals surface area contributed by atoms with Crippen LogP contribution in [0, 0.1) is 0 Å². The summed E-state index contributed by atoms with van der Waals surface area (Å²) in [5.41, 5.74) is 2.03. The van der Waals surface area contributed by atoms with E-state index in [2.05, 4.69) is 10.4 Å². The topological polar surface area (TPSA) is 46.9 Å². The average molecular weight is 243 g/mol. The molecule has 94 valence electrons. The Bertz CT molecular complexity index is 519. The van der Waals surface area contributed by atoms with E-state index in [9.17, 15) is 4.79 Å². The summed E-state index contributed by atoms with van der Waals surface area (Å²) in [7, 11) is 1.86. The molecule has 0 bridgehead atoms. The minimum Gasteiger partial charge on any atom is -0.349 e. The lowest BCUT2D eigenvalue weighted by molar-refractivity contribution is -0.121. The van der Waals surface area contributed by atoms with Crippen molar-refractivity contribution in [2.45, 2.75) is 19.4 Å². The van der Waals surface area contributed by atoms with Crippen LogP contribution in [0.5, 0.6) is 0 Å². The maximum Gasteiger partial charge on any atom is 0.224 e. The number of hydrogen-bond acceptors (Lipinski definition) is 2. The van der Waals surface area contributed by atoms with Gasteiger partial charge in [0.2, 0.25) is 5.91 Å². The number of aromatic nitrogens is 2. The standard InChI is InChI=1S/C14H17N3O/c1-11(13-9-15-17(2)10-13)16-14(18)8-12-6-4-3-5-7-12/h3-7,9-11H,8H2,1-2H3,(H,16,18)/t11-/m0/s1. The molecule has 0 aliphatic rings. The molecular formula is C14H17N3O. The summed E-state index contributed by atoms with van der Waals surface area (Å²) in [5.74, 6) is 0.0255. The summed E-state index contributed by atoms with van der Waals surface area (Å²) < 4.78 is 1.73. The zero-order valence-corrected chi connectivity index (χ0v) is 10.6. The van der Waals surface area contributed by atoms with E-state index in [4.69, 9.17) is 0 Å². The first-order chi connectivity index (χ1) is 8.65. The molecule has 0 radical (unpaired) electrons. The van der Waals surface area contributed by atoms with Crippen LogP contribution < -0.4 is 5.32 Å². The van der Waals surface area contributed by atoms with Crippen LogP contribution in [0.1, 0.15) is 24.1 Å². The number of aryl methyl sites for hydroxylation is 1. The quantitative estimate of drug-likeness (QED) is 0.890.